The van der Waals surface area contributed by atoms with Crippen molar-refractivity contribution in [3.8, 4) is 0 Å². The molecule has 1 rings (SSSR count). The minimum atomic E-state index is -0.0231. The molecule has 0 saturated carbocycles. The van der Waals surface area contributed by atoms with E-state index in [1.165, 1.54) is 19.3 Å². The van der Waals surface area contributed by atoms with E-state index < -0.39 is 0 Å². The Morgan fingerprint density at radius 1 is 1.14 bits per heavy atom. The molecule has 0 unspecified atom stereocenters. The summed E-state index contributed by atoms with van der Waals surface area (Å²) in [6.07, 6.45) is 7.83. The Hall–Kier alpha value is -1.10. The van der Waals surface area contributed by atoms with E-state index in [4.69, 9.17) is 5.11 Å². The van der Waals surface area contributed by atoms with Gasteiger partial charge in [-0.2, -0.15) is 0 Å². The monoisotopic (exact) mass is 298 g/mol. The second kappa shape index (κ2) is 10.6. The van der Waals surface area contributed by atoms with Gasteiger partial charge in [-0.3, -0.25) is 9.59 Å². The molecule has 1 saturated heterocycles. The lowest BCUT2D eigenvalue weighted by atomic mass is 9.98. The second-order valence-electron chi connectivity index (χ2n) is 5.95. The lowest BCUT2D eigenvalue weighted by Crippen LogP contribution is -2.44. The number of amides is 2. The minimum absolute atomic E-state index is 0.00859. The third-order valence-electron chi connectivity index (χ3n) is 4.17. The number of aliphatic hydroxyl groups excluding tert-OH is 1. The van der Waals surface area contributed by atoms with Gasteiger partial charge in [0.1, 0.15) is 0 Å². The van der Waals surface area contributed by atoms with Gasteiger partial charge in [-0.1, -0.05) is 32.6 Å². The number of likely N-dealkylation sites (tertiary alicyclic amines) is 1. The summed E-state index contributed by atoms with van der Waals surface area (Å²) in [4.78, 5) is 25.4. The van der Waals surface area contributed by atoms with Crippen LogP contribution in [0.25, 0.3) is 0 Å². The van der Waals surface area contributed by atoms with Gasteiger partial charge in [-0.05, 0) is 25.2 Å². The Morgan fingerprint density at radius 2 is 1.81 bits per heavy atom. The molecule has 0 atom stereocenters. The van der Waals surface area contributed by atoms with Crippen LogP contribution in [-0.2, 0) is 9.59 Å². The van der Waals surface area contributed by atoms with Crippen molar-refractivity contribution in [3.63, 3.8) is 0 Å². The van der Waals surface area contributed by atoms with Crippen LogP contribution < -0.4 is 5.32 Å². The fourth-order valence-corrected chi connectivity index (χ4v) is 2.63. The van der Waals surface area contributed by atoms with E-state index in [2.05, 4.69) is 12.2 Å². The Bertz CT molecular complexity index is 313. The highest BCUT2D eigenvalue weighted by molar-refractivity contribution is 5.84. The maximum absolute atomic E-state index is 12.0. The van der Waals surface area contributed by atoms with Gasteiger partial charge in [0.2, 0.25) is 11.8 Å². The number of unbranched alkanes of at least 4 members (excludes halogenated alkanes) is 4. The molecule has 1 aliphatic rings. The molecule has 2 amide bonds. The fourth-order valence-electron chi connectivity index (χ4n) is 2.63. The van der Waals surface area contributed by atoms with Crippen LogP contribution in [0.5, 0.6) is 0 Å². The number of hydrogen-bond donors (Lipinski definition) is 2. The summed E-state index contributed by atoms with van der Waals surface area (Å²) in [5.41, 5.74) is 0. The van der Waals surface area contributed by atoms with Crippen molar-refractivity contribution in [3.05, 3.63) is 0 Å². The fraction of sp³-hybridized carbons (Fsp3) is 0.875. The first kappa shape index (κ1) is 18.0. The third kappa shape index (κ3) is 7.46. The molecular formula is C16H30N2O3. The number of nitrogens with zero attached hydrogens (tertiary/aromatic N) is 1. The quantitative estimate of drug-likeness (QED) is 0.637. The zero-order valence-electron chi connectivity index (χ0n) is 13.3. The van der Waals surface area contributed by atoms with Gasteiger partial charge in [-0.15, -0.1) is 0 Å². The van der Waals surface area contributed by atoms with E-state index in [0.29, 0.717) is 25.4 Å². The van der Waals surface area contributed by atoms with Crippen LogP contribution in [0, 0.1) is 5.92 Å². The summed E-state index contributed by atoms with van der Waals surface area (Å²) < 4.78 is 0. The first-order valence-corrected chi connectivity index (χ1v) is 8.32. The summed E-state index contributed by atoms with van der Waals surface area (Å²) in [5, 5.41) is 11.8. The Balaban J connectivity index is 2.08. The molecule has 5 nitrogen and oxygen atoms in total. The molecule has 0 aromatic rings. The highest BCUT2D eigenvalue weighted by Crippen LogP contribution is 2.16. The number of nitrogens with one attached hydrogen (secondary N) is 1. The summed E-state index contributed by atoms with van der Waals surface area (Å²) in [6, 6.07) is 0. The molecule has 0 aliphatic carbocycles. The smallest absolute Gasteiger partial charge is 0.241 e. The van der Waals surface area contributed by atoms with Crippen LogP contribution >= 0.6 is 0 Å². The molecule has 1 fully saturated rings. The lowest BCUT2D eigenvalue weighted by molar-refractivity contribution is -0.134. The topological polar surface area (TPSA) is 69.6 Å². The second-order valence-corrected chi connectivity index (χ2v) is 5.95. The lowest BCUT2D eigenvalue weighted by Gasteiger charge is -2.31. The maximum atomic E-state index is 12.0. The van der Waals surface area contributed by atoms with Crippen molar-refractivity contribution >= 4 is 11.8 Å². The number of carbonyl (C=O) groups excluding carboxylic acids is 2. The van der Waals surface area contributed by atoms with Crippen molar-refractivity contribution in [2.45, 2.75) is 58.3 Å². The van der Waals surface area contributed by atoms with Gasteiger partial charge in [0, 0.05) is 26.1 Å². The minimum Gasteiger partial charge on any atom is -0.396 e. The van der Waals surface area contributed by atoms with Gasteiger partial charge in [0.05, 0.1) is 6.54 Å². The van der Waals surface area contributed by atoms with Crippen LogP contribution in [0.3, 0.4) is 0 Å². The SMILES string of the molecule is CCCCCCCC(=O)NCC(=O)N1CCC(CO)CC1. The average Bonchev–Trinajstić information content (AvgIpc) is 2.52. The zero-order valence-corrected chi connectivity index (χ0v) is 13.3. The number of piperidine rings is 1. The molecule has 0 radical (unpaired) electrons. The number of carbonyl (C=O) groups is 2. The number of aliphatic hydroxyl groups is 1. The van der Waals surface area contributed by atoms with E-state index >= 15 is 0 Å². The Kier molecular flexibility index (Phi) is 9.06. The third-order valence-corrected chi connectivity index (χ3v) is 4.17. The number of hydrogen-bond acceptors (Lipinski definition) is 3. The van der Waals surface area contributed by atoms with Crippen LogP contribution in [0.4, 0.5) is 0 Å². The highest BCUT2D eigenvalue weighted by atomic mass is 16.3. The van der Waals surface area contributed by atoms with Gasteiger partial charge in [0.15, 0.2) is 0 Å². The van der Waals surface area contributed by atoms with Gasteiger partial charge in [-0.25, -0.2) is 0 Å². The Labute approximate surface area is 128 Å². The first-order chi connectivity index (χ1) is 10.2. The molecule has 1 aliphatic heterocycles. The van der Waals surface area contributed by atoms with E-state index in [9.17, 15) is 9.59 Å². The summed E-state index contributed by atoms with van der Waals surface area (Å²) >= 11 is 0. The van der Waals surface area contributed by atoms with Crippen LogP contribution in [0.15, 0.2) is 0 Å². The molecule has 0 spiro atoms. The largest absolute Gasteiger partial charge is 0.396 e. The van der Waals surface area contributed by atoms with E-state index in [1.54, 1.807) is 4.90 Å². The molecule has 5 heteroatoms. The van der Waals surface area contributed by atoms with Crippen LogP contribution in [0.1, 0.15) is 58.3 Å². The predicted octanol–water partition coefficient (Wildman–Crippen LogP) is 1.69. The first-order valence-electron chi connectivity index (χ1n) is 8.32. The van der Waals surface area contributed by atoms with E-state index in [-0.39, 0.29) is 25.0 Å². The molecule has 0 aromatic heterocycles. The standard InChI is InChI=1S/C16H30N2O3/c1-2-3-4-5-6-7-15(20)17-12-16(21)18-10-8-14(13-19)9-11-18/h14,19H,2-13H2,1H3,(H,17,20). The van der Waals surface area contributed by atoms with Crippen molar-refractivity contribution in [1.29, 1.82) is 0 Å². The predicted molar refractivity (Wildman–Crippen MR) is 82.8 cm³/mol. The van der Waals surface area contributed by atoms with Crippen LogP contribution in [-0.4, -0.2) is 48.1 Å². The van der Waals surface area contributed by atoms with Gasteiger partial charge in [0.25, 0.3) is 0 Å². The molecule has 21 heavy (non-hydrogen) atoms. The van der Waals surface area contributed by atoms with Crippen LogP contribution in [0.2, 0.25) is 0 Å². The van der Waals surface area contributed by atoms with E-state index in [0.717, 1.165) is 25.7 Å². The van der Waals surface area contributed by atoms with Crippen molar-refractivity contribution in [2.75, 3.05) is 26.2 Å². The maximum Gasteiger partial charge on any atom is 0.241 e. The summed E-state index contributed by atoms with van der Waals surface area (Å²) in [7, 11) is 0. The molecule has 122 valence electrons. The molecule has 0 bridgehead atoms. The molecule has 0 aromatic carbocycles. The highest BCUT2D eigenvalue weighted by Gasteiger charge is 2.22. The average molecular weight is 298 g/mol. The van der Waals surface area contributed by atoms with Gasteiger partial charge >= 0.3 is 0 Å². The normalized spacial score (nSPS) is 16.0. The molecule has 2 N–H and O–H groups in total. The molecule has 1 heterocycles. The summed E-state index contributed by atoms with van der Waals surface area (Å²) in [6.45, 7) is 3.87. The zero-order chi connectivity index (χ0) is 15.5. The summed E-state index contributed by atoms with van der Waals surface area (Å²) in [5.74, 6) is 0.294. The Morgan fingerprint density at radius 3 is 2.43 bits per heavy atom. The molecular weight excluding hydrogens is 268 g/mol. The van der Waals surface area contributed by atoms with Gasteiger partial charge < -0.3 is 15.3 Å². The van der Waals surface area contributed by atoms with Crippen molar-refractivity contribution < 1.29 is 14.7 Å². The van der Waals surface area contributed by atoms with Crippen molar-refractivity contribution in [2.24, 2.45) is 5.92 Å². The van der Waals surface area contributed by atoms with Crippen molar-refractivity contribution in [1.82, 2.24) is 10.2 Å². The number of rotatable bonds is 9. The van der Waals surface area contributed by atoms with E-state index in [1.807, 2.05) is 0 Å².